The summed E-state index contributed by atoms with van der Waals surface area (Å²) in [4.78, 5) is 12.6. The number of aromatic nitrogens is 2. The van der Waals surface area contributed by atoms with Gasteiger partial charge in [0.1, 0.15) is 10.9 Å². The zero-order valence-electron chi connectivity index (χ0n) is 14.6. The molecular formula is C17H24ClN5O. The topological polar surface area (TPSA) is 75.3 Å². The van der Waals surface area contributed by atoms with Crippen molar-refractivity contribution in [2.24, 2.45) is 4.99 Å². The smallest absolute Gasteiger partial charge is 0.213 e. The maximum absolute atomic E-state index is 5.78. The number of aliphatic imine (C=N–C) groups is 1. The molecule has 0 aliphatic rings. The molecule has 2 N–H and O–H groups in total. The highest BCUT2D eigenvalue weighted by atomic mass is 35.5. The summed E-state index contributed by atoms with van der Waals surface area (Å²) in [6, 6.07) is 3.76. The maximum atomic E-state index is 5.78. The van der Waals surface area contributed by atoms with Crippen molar-refractivity contribution in [3.8, 4) is 0 Å². The van der Waals surface area contributed by atoms with E-state index in [0.29, 0.717) is 23.5 Å². The Morgan fingerprint density at radius 3 is 2.58 bits per heavy atom. The molecule has 0 spiro atoms. The molecule has 0 radical (unpaired) electrons. The van der Waals surface area contributed by atoms with E-state index >= 15 is 0 Å². The minimum absolute atomic E-state index is 0.0439. The van der Waals surface area contributed by atoms with Crippen molar-refractivity contribution in [2.75, 3.05) is 13.6 Å². The second-order valence-corrected chi connectivity index (χ2v) is 6.85. The highest BCUT2D eigenvalue weighted by molar-refractivity contribution is 6.29. The van der Waals surface area contributed by atoms with Gasteiger partial charge in [0.15, 0.2) is 5.96 Å². The Kier molecular flexibility index (Phi) is 6.20. The first-order valence-electron chi connectivity index (χ1n) is 7.88. The summed E-state index contributed by atoms with van der Waals surface area (Å²) in [5.74, 6) is 2.22. The van der Waals surface area contributed by atoms with Crippen LogP contribution in [-0.4, -0.2) is 29.5 Å². The molecule has 0 fully saturated rings. The van der Waals surface area contributed by atoms with Crippen molar-refractivity contribution in [1.29, 1.82) is 0 Å². The van der Waals surface area contributed by atoms with Crippen molar-refractivity contribution in [2.45, 2.75) is 39.2 Å². The average Bonchev–Trinajstić information content (AvgIpc) is 3.01. The molecular weight excluding hydrogens is 326 g/mol. The number of nitrogens with one attached hydrogen (secondary N) is 2. The molecule has 0 saturated carbocycles. The Labute approximate surface area is 147 Å². The molecule has 130 valence electrons. The lowest BCUT2D eigenvalue weighted by Crippen LogP contribution is -2.37. The van der Waals surface area contributed by atoms with E-state index in [9.17, 15) is 0 Å². The third kappa shape index (κ3) is 5.53. The maximum Gasteiger partial charge on any atom is 0.213 e. The number of hydrogen-bond donors (Lipinski definition) is 2. The van der Waals surface area contributed by atoms with Crippen molar-refractivity contribution < 1.29 is 4.42 Å². The van der Waals surface area contributed by atoms with Crippen LogP contribution in [-0.2, 0) is 18.4 Å². The van der Waals surface area contributed by atoms with E-state index in [1.54, 1.807) is 25.5 Å². The first-order valence-corrected chi connectivity index (χ1v) is 8.26. The van der Waals surface area contributed by atoms with Crippen molar-refractivity contribution >= 4 is 17.6 Å². The number of pyridine rings is 1. The number of guanidine groups is 1. The quantitative estimate of drug-likeness (QED) is 0.493. The number of oxazole rings is 1. The number of halogens is 1. The minimum Gasteiger partial charge on any atom is -0.443 e. The molecule has 2 aromatic rings. The molecule has 2 aromatic heterocycles. The molecule has 2 rings (SSSR count). The summed E-state index contributed by atoms with van der Waals surface area (Å²) in [7, 11) is 1.73. The highest BCUT2D eigenvalue weighted by Crippen LogP contribution is 2.22. The molecule has 0 amide bonds. The van der Waals surface area contributed by atoms with E-state index in [-0.39, 0.29) is 5.41 Å². The lowest BCUT2D eigenvalue weighted by molar-refractivity contribution is 0.379. The van der Waals surface area contributed by atoms with Gasteiger partial charge in [-0.3, -0.25) is 4.99 Å². The predicted molar refractivity (Wildman–Crippen MR) is 96.4 cm³/mol. The number of rotatable bonds is 5. The second-order valence-electron chi connectivity index (χ2n) is 6.46. The SMILES string of the molecule is CN=C(NCCc1ccc(Cl)nc1)NCc1ncc(C(C)(C)C)o1. The van der Waals surface area contributed by atoms with Gasteiger partial charge in [-0.2, -0.15) is 0 Å². The molecule has 6 nitrogen and oxygen atoms in total. The molecule has 0 atom stereocenters. The van der Waals surface area contributed by atoms with Gasteiger partial charge in [0.05, 0.1) is 12.7 Å². The van der Waals surface area contributed by atoms with E-state index in [1.165, 1.54) is 0 Å². The van der Waals surface area contributed by atoms with Crippen LogP contribution in [0, 0.1) is 0 Å². The molecule has 24 heavy (non-hydrogen) atoms. The molecule has 0 aromatic carbocycles. The minimum atomic E-state index is -0.0439. The fourth-order valence-electron chi connectivity index (χ4n) is 2.00. The average molecular weight is 350 g/mol. The molecule has 0 aliphatic heterocycles. The van der Waals surface area contributed by atoms with Gasteiger partial charge in [-0.05, 0) is 18.1 Å². The van der Waals surface area contributed by atoms with Gasteiger partial charge in [0.2, 0.25) is 5.89 Å². The fraction of sp³-hybridized carbons (Fsp3) is 0.471. The Balaban J connectivity index is 1.78. The predicted octanol–water partition coefficient (Wildman–Crippen LogP) is 2.93. The van der Waals surface area contributed by atoms with Gasteiger partial charge >= 0.3 is 0 Å². The zero-order valence-corrected chi connectivity index (χ0v) is 15.3. The van der Waals surface area contributed by atoms with Crippen molar-refractivity contribution in [3.63, 3.8) is 0 Å². The third-order valence-corrected chi connectivity index (χ3v) is 3.64. The summed E-state index contributed by atoms with van der Waals surface area (Å²) in [5.41, 5.74) is 1.07. The molecule has 0 aliphatic carbocycles. The third-order valence-electron chi connectivity index (χ3n) is 3.42. The van der Waals surface area contributed by atoms with E-state index in [0.717, 1.165) is 24.3 Å². The first-order chi connectivity index (χ1) is 11.4. The molecule has 0 bridgehead atoms. The molecule has 0 saturated heterocycles. The van der Waals surface area contributed by atoms with Crippen LogP contribution in [0.1, 0.15) is 38.0 Å². The molecule has 7 heteroatoms. The lowest BCUT2D eigenvalue weighted by atomic mass is 9.94. The monoisotopic (exact) mass is 349 g/mol. The van der Waals surface area contributed by atoms with Crippen LogP contribution in [0.15, 0.2) is 33.9 Å². The summed E-state index contributed by atoms with van der Waals surface area (Å²) >= 11 is 5.78. The van der Waals surface area contributed by atoms with Gasteiger partial charge in [-0.25, -0.2) is 9.97 Å². The molecule has 2 heterocycles. The van der Waals surface area contributed by atoms with Crippen LogP contribution in [0.2, 0.25) is 5.15 Å². The summed E-state index contributed by atoms with van der Waals surface area (Å²) in [6.07, 6.45) is 4.39. The zero-order chi connectivity index (χ0) is 17.6. The van der Waals surface area contributed by atoms with Crippen LogP contribution in [0.4, 0.5) is 0 Å². The molecule has 0 unspecified atom stereocenters. The lowest BCUT2D eigenvalue weighted by Gasteiger charge is -2.13. The van der Waals surface area contributed by atoms with E-state index < -0.39 is 0 Å². The largest absolute Gasteiger partial charge is 0.443 e. The van der Waals surface area contributed by atoms with Crippen LogP contribution in [0.25, 0.3) is 0 Å². The first kappa shape index (κ1) is 18.3. The summed E-state index contributed by atoms with van der Waals surface area (Å²) in [5, 5.41) is 6.94. The Hall–Kier alpha value is -2.08. The van der Waals surface area contributed by atoms with Crippen molar-refractivity contribution in [3.05, 3.63) is 46.9 Å². The van der Waals surface area contributed by atoms with Crippen LogP contribution in [0.5, 0.6) is 0 Å². The second kappa shape index (κ2) is 8.15. The van der Waals surface area contributed by atoms with E-state index in [1.807, 2.05) is 6.07 Å². The Bertz CT molecular complexity index is 673. The Morgan fingerprint density at radius 1 is 1.21 bits per heavy atom. The van der Waals surface area contributed by atoms with Crippen LogP contribution < -0.4 is 10.6 Å². The standard InChI is InChI=1S/C17H24ClN5O/c1-17(2,3)13-10-22-15(24-13)11-23-16(19-4)20-8-7-12-5-6-14(18)21-9-12/h5-6,9-10H,7-8,11H2,1-4H3,(H2,19,20,23). The van der Waals surface area contributed by atoms with Gasteiger partial charge in [-0.1, -0.05) is 38.4 Å². The van der Waals surface area contributed by atoms with Gasteiger partial charge in [0, 0.05) is 25.2 Å². The van der Waals surface area contributed by atoms with Crippen molar-refractivity contribution in [1.82, 2.24) is 20.6 Å². The van der Waals surface area contributed by atoms with Crippen LogP contribution >= 0.6 is 11.6 Å². The highest BCUT2D eigenvalue weighted by Gasteiger charge is 2.19. The summed E-state index contributed by atoms with van der Waals surface area (Å²) < 4.78 is 5.75. The van der Waals surface area contributed by atoms with E-state index in [4.69, 9.17) is 16.0 Å². The van der Waals surface area contributed by atoms with Crippen LogP contribution in [0.3, 0.4) is 0 Å². The fourth-order valence-corrected chi connectivity index (χ4v) is 2.11. The van der Waals surface area contributed by atoms with E-state index in [2.05, 4.69) is 46.4 Å². The summed E-state index contributed by atoms with van der Waals surface area (Å²) in [6.45, 7) is 7.50. The number of nitrogens with zero attached hydrogens (tertiary/aromatic N) is 3. The van der Waals surface area contributed by atoms with Gasteiger partial charge in [-0.15, -0.1) is 0 Å². The Morgan fingerprint density at radius 2 is 2.00 bits per heavy atom. The van der Waals surface area contributed by atoms with Gasteiger partial charge in [0.25, 0.3) is 0 Å². The number of hydrogen-bond acceptors (Lipinski definition) is 4. The normalized spacial score (nSPS) is 12.3. The van der Waals surface area contributed by atoms with Gasteiger partial charge < -0.3 is 15.1 Å².